The summed E-state index contributed by atoms with van der Waals surface area (Å²) in [5.41, 5.74) is -1.76. The molecule has 0 aromatic carbocycles. The van der Waals surface area contributed by atoms with E-state index in [0.717, 1.165) is 0 Å². The second kappa shape index (κ2) is 5.69. The van der Waals surface area contributed by atoms with Crippen LogP contribution in [-0.2, 0) is 4.79 Å². The zero-order valence-electron chi connectivity index (χ0n) is 9.40. The molecule has 0 heterocycles. The highest BCUT2D eigenvalue weighted by Gasteiger charge is 2.32. The third-order valence-electron chi connectivity index (χ3n) is 2.19. The Morgan fingerprint density at radius 1 is 1.67 bits per heavy atom. The summed E-state index contributed by atoms with van der Waals surface area (Å²) in [6, 6.07) is 2.07. The average molecular weight is 214 g/mol. The van der Waals surface area contributed by atoms with Crippen LogP contribution in [0.3, 0.4) is 0 Å². The van der Waals surface area contributed by atoms with Gasteiger partial charge in [-0.2, -0.15) is 5.26 Å². The maximum atomic E-state index is 10.7. The van der Waals surface area contributed by atoms with Crippen molar-refractivity contribution in [3.05, 3.63) is 0 Å². The van der Waals surface area contributed by atoms with Crippen LogP contribution in [0.15, 0.2) is 0 Å². The van der Waals surface area contributed by atoms with Crippen molar-refractivity contribution < 1.29 is 15.0 Å². The van der Waals surface area contributed by atoms with Gasteiger partial charge in [0.05, 0.1) is 12.0 Å². The van der Waals surface area contributed by atoms with E-state index in [9.17, 15) is 9.90 Å². The molecule has 0 aromatic heterocycles. The van der Waals surface area contributed by atoms with E-state index in [1.54, 1.807) is 11.8 Å². The molecule has 2 N–H and O–H groups in total. The van der Waals surface area contributed by atoms with Crippen LogP contribution in [0.2, 0.25) is 0 Å². The topological polar surface area (TPSA) is 84.6 Å². The monoisotopic (exact) mass is 214 g/mol. The SMILES string of the molecule is CCN(CC(C)C#N)CC(C)(O)C(=O)O. The molecule has 15 heavy (non-hydrogen) atoms. The van der Waals surface area contributed by atoms with Crippen LogP contribution in [-0.4, -0.2) is 46.3 Å². The number of nitriles is 1. The number of carboxylic acids is 1. The molecule has 0 rings (SSSR count). The lowest BCUT2D eigenvalue weighted by atomic mass is 10.1. The van der Waals surface area contributed by atoms with Gasteiger partial charge in [-0.1, -0.05) is 6.92 Å². The van der Waals surface area contributed by atoms with Gasteiger partial charge in [0.25, 0.3) is 0 Å². The van der Waals surface area contributed by atoms with Gasteiger partial charge >= 0.3 is 5.97 Å². The molecule has 2 atom stereocenters. The maximum absolute atomic E-state index is 10.7. The molecule has 0 saturated heterocycles. The summed E-state index contributed by atoms with van der Waals surface area (Å²) in [6.45, 7) is 5.99. The molecule has 0 fully saturated rings. The minimum Gasteiger partial charge on any atom is -0.479 e. The highest BCUT2D eigenvalue weighted by molar-refractivity contribution is 5.76. The van der Waals surface area contributed by atoms with E-state index in [4.69, 9.17) is 10.4 Å². The van der Waals surface area contributed by atoms with Gasteiger partial charge in [-0.05, 0) is 20.4 Å². The predicted molar refractivity (Wildman–Crippen MR) is 55.2 cm³/mol. The van der Waals surface area contributed by atoms with Gasteiger partial charge in [0.1, 0.15) is 0 Å². The first kappa shape index (κ1) is 13.9. The number of carbonyl (C=O) groups is 1. The normalized spacial score (nSPS) is 16.8. The number of likely N-dealkylation sites (N-methyl/N-ethyl adjacent to an activating group) is 1. The predicted octanol–water partition coefficient (Wildman–Crippen LogP) is 0.304. The molecule has 0 saturated carbocycles. The van der Waals surface area contributed by atoms with Gasteiger partial charge in [-0.3, -0.25) is 4.90 Å². The van der Waals surface area contributed by atoms with E-state index in [0.29, 0.717) is 13.1 Å². The molecule has 0 aromatic rings. The summed E-state index contributed by atoms with van der Waals surface area (Å²) in [7, 11) is 0. The largest absolute Gasteiger partial charge is 0.479 e. The molecule has 0 aliphatic heterocycles. The van der Waals surface area contributed by atoms with Crippen molar-refractivity contribution in [2.45, 2.75) is 26.4 Å². The van der Waals surface area contributed by atoms with Crippen molar-refractivity contribution in [3.63, 3.8) is 0 Å². The van der Waals surface area contributed by atoms with Crippen LogP contribution in [0, 0.1) is 17.2 Å². The van der Waals surface area contributed by atoms with Gasteiger partial charge in [0.2, 0.25) is 0 Å². The van der Waals surface area contributed by atoms with Crippen molar-refractivity contribution in [2.75, 3.05) is 19.6 Å². The minimum atomic E-state index is -1.76. The lowest BCUT2D eigenvalue weighted by Crippen LogP contribution is -2.47. The fourth-order valence-electron chi connectivity index (χ4n) is 1.24. The van der Waals surface area contributed by atoms with Gasteiger partial charge in [0.15, 0.2) is 5.60 Å². The lowest BCUT2D eigenvalue weighted by molar-refractivity contribution is -0.158. The highest BCUT2D eigenvalue weighted by atomic mass is 16.4. The smallest absolute Gasteiger partial charge is 0.336 e. The van der Waals surface area contributed by atoms with Crippen molar-refractivity contribution >= 4 is 5.97 Å². The Labute approximate surface area is 89.9 Å². The van der Waals surface area contributed by atoms with E-state index < -0.39 is 11.6 Å². The molecule has 5 nitrogen and oxygen atoms in total. The fourth-order valence-corrected chi connectivity index (χ4v) is 1.24. The van der Waals surface area contributed by atoms with Crippen molar-refractivity contribution in [3.8, 4) is 6.07 Å². The number of hydrogen-bond donors (Lipinski definition) is 2. The number of carboxylic acid groups (broad SMARTS) is 1. The quantitative estimate of drug-likeness (QED) is 0.664. The maximum Gasteiger partial charge on any atom is 0.336 e. The molecular weight excluding hydrogens is 196 g/mol. The first-order chi connectivity index (χ1) is 6.83. The van der Waals surface area contributed by atoms with Crippen LogP contribution in [0.1, 0.15) is 20.8 Å². The number of aliphatic carboxylic acids is 1. The van der Waals surface area contributed by atoms with Crippen molar-refractivity contribution in [2.24, 2.45) is 5.92 Å². The standard InChI is InChI=1S/C10H18N2O3/c1-4-12(6-8(2)5-11)7-10(3,15)9(13)14/h8,15H,4,6-7H2,1-3H3,(H,13,14). The molecule has 0 radical (unpaired) electrons. The molecule has 86 valence electrons. The fraction of sp³-hybridized carbons (Fsp3) is 0.800. The lowest BCUT2D eigenvalue weighted by Gasteiger charge is -2.28. The van der Waals surface area contributed by atoms with Gasteiger partial charge < -0.3 is 10.2 Å². The number of aliphatic hydroxyl groups is 1. The summed E-state index contributed by atoms with van der Waals surface area (Å²) in [5.74, 6) is -1.42. The Bertz CT molecular complexity index is 258. The summed E-state index contributed by atoms with van der Waals surface area (Å²) in [6.07, 6.45) is 0. The first-order valence-electron chi connectivity index (χ1n) is 4.91. The minimum absolute atomic E-state index is 0.0326. The molecule has 2 unspecified atom stereocenters. The Morgan fingerprint density at radius 2 is 2.20 bits per heavy atom. The van der Waals surface area contributed by atoms with Crippen LogP contribution < -0.4 is 0 Å². The zero-order chi connectivity index (χ0) is 12.1. The first-order valence-corrected chi connectivity index (χ1v) is 4.91. The summed E-state index contributed by atoms with van der Waals surface area (Å²) < 4.78 is 0. The Balaban J connectivity index is 4.34. The molecule has 5 heteroatoms. The van der Waals surface area contributed by atoms with Gasteiger partial charge in [-0.15, -0.1) is 0 Å². The molecular formula is C10H18N2O3. The number of nitrogens with zero attached hydrogens (tertiary/aromatic N) is 2. The second-order valence-corrected chi connectivity index (χ2v) is 3.94. The van der Waals surface area contributed by atoms with Crippen LogP contribution in [0.5, 0.6) is 0 Å². The molecule has 0 spiro atoms. The average Bonchev–Trinajstić information content (AvgIpc) is 2.15. The second-order valence-electron chi connectivity index (χ2n) is 3.94. The van der Waals surface area contributed by atoms with Crippen molar-refractivity contribution in [1.29, 1.82) is 5.26 Å². The van der Waals surface area contributed by atoms with Crippen LogP contribution in [0.25, 0.3) is 0 Å². The third-order valence-corrected chi connectivity index (χ3v) is 2.19. The summed E-state index contributed by atoms with van der Waals surface area (Å²) >= 11 is 0. The molecule has 0 amide bonds. The van der Waals surface area contributed by atoms with Crippen LogP contribution >= 0.6 is 0 Å². The van der Waals surface area contributed by atoms with E-state index in [-0.39, 0.29) is 12.5 Å². The van der Waals surface area contributed by atoms with Crippen LogP contribution in [0.4, 0.5) is 0 Å². The Kier molecular flexibility index (Phi) is 5.26. The van der Waals surface area contributed by atoms with E-state index in [1.165, 1.54) is 6.92 Å². The Hall–Kier alpha value is -1.12. The highest BCUT2D eigenvalue weighted by Crippen LogP contribution is 2.08. The Morgan fingerprint density at radius 3 is 2.53 bits per heavy atom. The van der Waals surface area contributed by atoms with Gasteiger partial charge in [0, 0.05) is 13.1 Å². The molecule has 0 aliphatic rings. The molecule has 0 bridgehead atoms. The molecule has 0 aliphatic carbocycles. The summed E-state index contributed by atoms with van der Waals surface area (Å²) in [4.78, 5) is 12.4. The van der Waals surface area contributed by atoms with E-state index in [2.05, 4.69) is 6.07 Å². The zero-order valence-corrected chi connectivity index (χ0v) is 9.40. The van der Waals surface area contributed by atoms with E-state index >= 15 is 0 Å². The van der Waals surface area contributed by atoms with E-state index in [1.807, 2.05) is 6.92 Å². The number of hydrogen-bond acceptors (Lipinski definition) is 4. The van der Waals surface area contributed by atoms with Crippen molar-refractivity contribution in [1.82, 2.24) is 4.90 Å². The summed E-state index contributed by atoms with van der Waals surface area (Å²) in [5, 5.41) is 26.9. The third kappa shape index (κ3) is 4.77. The van der Waals surface area contributed by atoms with Gasteiger partial charge in [-0.25, -0.2) is 4.79 Å². The number of rotatable bonds is 6.